The summed E-state index contributed by atoms with van der Waals surface area (Å²) in [5, 5.41) is 1.25. The maximum absolute atomic E-state index is 6.03. The molecule has 0 aliphatic heterocycles. The minimum atomic E-state index is 0.258. The lowest BCUT2D eigenvalue weighted by Gasteiger charge is -2.15. The monoisotopic (exact) mass is 196 g/mol. The predicted molar refractivity (Wildman–Crippen MR) is 56.1 cm³/mol. The quantitative estimate of drug-likeness (QED) is 0.750. The van der Waals surface area contributed by atoms with Gasteiger partial charge in [0.1, 0.15) is 0 Å². The summed E-state index contributed by atoms with van der Waals surface area (Å²) in [7, 11) is 0. The van der Waals surface area contributed by atoms with E-state index < -0.39 is 0 Å². The van der Waals surface area contributed by atoms with Crippen LogP contribution in [0.3, 0.4) is 0 Å². The number of hydrogen-bond acceptors (Lipinski definition) is 3. The smallest absolute Gasteiger partial charge is 0.0957 e. The normalized spacial score (nSPS) is 22.0. The molecule has 2 nitrogen and oxygen atoms in total. The molecule has 0 amide bonds. The van der Waals surface area contributed by atoms with Crippen LogP contribution in [0.15, 0.2) is 0 Å². The lowest BCUT2D eigenvalue weighted by molar-refractivity contribution is 0.572. The Balaban J connectivity index is 2.36. The van der Waals surface area contributed by atoms with E-state index >= 15 is 0 Å². The molecule has 0 saturated heterocycles. The zero-order valence-corrected chi connectivity index (χ0v) is 9.03. The predicted octanol–water partition coefficient (Wildman–Crippen LogP) is 2.60. The largest absolute Gasteiger partial charge is 0.323 e. The van der Waals surface area contributed by atoms with Crippen LogP contribution in [0.1, 0.15) is 54.2 Å². The van der Waals surface area contributed by atoms with Crippen molar-refractivity contribution in [3.8, 4) is 0 Å². The fourth-order valence-electron chi connectivity index (χ4n) is 1.72. The van der Waals surface area contributed by atoms with Gasteiger partial charge < -0.3 is 5.73 Å². The molecule has 0 bridgehead atoms. The van der Waals surface area contributed by atoms with Gasteiger partial charge in [-0.2, -0.15) is 0 Å². The Hall–Kier alpha value is -0.410. The van der Waals surface area contributed by atoms with Crippen LogP contribution in [0.4, 0.5) is 0 Å². The fourth-order valence-corrected chi connectivity index (χ4v) is 2.87. The summed E-state index contributed by atoms with van der Waals surface area (Å²) in [6.45, 7) is 4.38. The van der Waals surface area contributed by atoms with E-state index in [1.165, 1.54) is 22.0 Å². The first-order valence-electron chi connectivity index (χ1n) is 4.93. The van der Waals surface area contributed by atoms with Gasteiger partial charge >= 0.3 is 0 Å². The van der Waals surface area contributed by atoms with Crippen LogP contribution in [-0.4, -0.2) is 4.98 Å². The van der Waals surface area contributed by atoms with Crippen molar-refractivity contribution in [3.63, 3.8) is 0 Å². The molecule has 0 spiro atoms. The number of hydrogen-bond donors (Lipinski definition) is 1. The Morgan fingerprint density at radius 3 is 2.92 bits per heavy atom. The molecular formula is C10H16N2S. The van der Waals surface area contributed by atoms with Gasteiger partial charge in [0.2, 0.25) is 0 Å². The van der Waals surface area contributed by atoms with Gasteiger partial charge in [-0.15, -0.1) is 11.3 Å². The average molecular weight is 196 g/mol. The maximum Gasteiger partial charge on any atom is 0.0957 e. The van der Waals surface area contributed by atoms with Gasteiger partial charge in [0, 0.05) is 16.8 Å². The molecule has 0 saturated carbocycles. The molecule has 1 aromatic rings. The van der Waals surface area contributed by atoms with Crippen molar-refractivity contribution in [2.75, 3.05) is 0 Å². The van der Waals surface area contributed by atoms with Crippen molar-refractivity contribution < 1.29 is 0 Å². The molecule has 1 aromatic heterocycles. The van der Waals surface area contributed by atoms with Gasteiger partial charge in [0.15, 0.2) is 0 Å². The summed E-state index contributed by atoms with van der Waals surface area (Å²) in [5.74, 6) is 0.544. The number of aromatic nitrogens is 1. The van der Waals surface area contributed by atoms with Crippen molar-refractivity contribution >= 4 is 11.3 Å². The molecule has 0 fully saturated rings. The Kier molecular flexibility index (Phi) is 2.39. The van der Waals surface area contributed by atoms with Gasteiger partial charge in [0.05, 0.1) is 10.7 Å². The van der Waals surface area contributed by atoms with Gasteiger partial charge in [-0.25, -0.2) is 4.98 Å². The average Bonchev–Trinajstić information content (AvgIpc) is 2.49. The number of thiazole rings is 1. The molecule has 1 heterocycles. The summed E-state index contributed by atoms with van der Waals surface area (Å²) in [6.07, 6.45) is 3.47. The molecular weight excluding hydrogens is 180 g/mol. The third-order valence-electron chi connectivity index (χ3n) is 2.50. The van der Waals surface area contributed by atoms with Crippen molar-refractivity contribution in [2.24, 2.45) is 5.73 Å². The van der Waals surface area contributed by atoms with Crippen LogP contribution >= 0.6 is 11.3 Å². The molecule has 13 heavy (non-hydrogen) atoms. The number of nitrogens with zero attached hydrogens (tertiary/aromatic N) is 1. The number of aryl methyl sites for hydroxylation is 1. The molecule has 3 heteroatoms. The minimum absolute atomic E-state index is 0.258. The number of nitrogens with two attached hydrogens (primary N) is 1. The van der Waals surface area contributed by atoms with Crippen molar-refractivity contribution in [1.82, 2.24) is 4.98 Å². The second kappa shape index (κ2) is 3.39. The highest BCUT2D eigenvalue weighted by molar-refractivity contribution is 7.11. The first kappa shape index (κ1) is 9.16. The van der Waals surface area contributed by atoms with Gasteiger partial charge in [-0.1, -0.05) is 13.8 Å². The lowest BCUT2D eigenvalue weighted by atomic mass is 9.99. The third-order valence-corrected chi connectivity index (χ3v) is 4.03. The molecule has 72 valence electrons. The van der Waals surface area contributed by atoms with Gasteiger partial charge in [0.25, 0.3) is 0 Å². The summed E-state index contributed by atoms with van der Waals surface area (Å²) >= 11 is 1.82. The zero-order chi connectivity index (χ0) is 9.42. The molecule has 1 aliphatic carbocycles. The summed E-state index contributed by atoms with van der Waals surface area (Å²) < 4.78 is 0. The van der Waals surface area contributed by atoms with E-state index in [2.05, 4.69) is 18.8 Å². The number of rotatable bonds is 1. The van der Waals surface area contributed by atoms with E-state index in [1.54, 1.807) is 0 Å². The van der Waals surface area contributed by atoms with E-state index in [9.17, 15) is 0 Å². The van der Waals surface area contributed by atoms with E-state index in [0.717, 1.165) is 12.8 Å². The number of fused-ring (bicyclic) bond motifs is 1. The molecule has 1 atom stereocenters. The molecule has 0 aromatic carbocycles. The third kappa shape index (κ3) is 1.63. The fraction of sp³-hybridized carbons (Fsp3) is 0.700. The van der Waals surface area contributed by atoms with Crippen LogP contribution in [0.2, 0.25) is 0 Å². The standard InChI is InChI=1S/C10H16N2S/c1-6(2)10-12-8-5-3-4-7(11)9(8)13-10/h6-7H,3-5,11H2,1-2H3. The molecule has 2 N–H and O–H groups in total. The molecule has 0 radical (unpaired) electrons. The lowest BCUT2D eigenvalue weighted by Crippen LogP contribution is -2.15. The SMILES string of the molecule is CC(C)c1nc2c(s1)C(N)CCC2. The summed E-state index contributed by atoms with van der Waals surface area (Å²) in [5.41, 5.74) is 7.30. The Morgan fingerprint density at radius 2 is 2.31 bits per heavy atom. The van der Waals surface area contributed by atoms with Crippen LogP contribution in [0, 0.1) is 0 Å². The van der Waals surface area contributed by atoms with Crippen molar-refractivity contribution in [3.05, 3.63) is 15.6 Å². The van der Waals surface area contributed by atoms with Crippen LogP contribution < -0.4 is 5.73 Å². The van der Waals surface area contributed by atoms with E-state index in [4.69, 9.17) is 5.73 Å². The Bertz CT molecular complexity index is 304. The highest BCUT2D eigenvalue weighted by atomic mass is 32.1. The van der Waals surface area contributed by atoms with E-state index in [-0.39, 0.29) is 6.04 Å². The Labute approximate surface area is 83.2 Å². The second-order valence-corrected chi connectivity index (χ2v) is 5.08. The van der Waals surface area contributed by atoms with E-state index in [0.29, 0.717) is 5.92 Å². The highest BCUT2D eigenvalue weighted by Crippen LogP contribution is 2.34. The van der Waals surface area contributed by atoms with Gasteiger partial charge in [-0.3, -0.25) is 0 Å². The second-order valence-electron chi connectivity index (χ2n) is 4.02. The molecule has 2 rings (SSSR count). The van der Waals surface area contributed by atoms with Crippen LogP contribution in [-0.2, 0) is 6.42 Å². The first-order chi connectivity index (χ1) is 6.18. The van der Waals surface area contributed by atoms with E-state index in [1.807, 2.05) is 11.3 Å². The highest BCUT2D eigenvalue weighted by Gasteiger charge is 2.22. The maximum atomic E-state index is 6.03. The van der Waals surface area contributed by atoms with Crippen LogP contribution in [0.5, 0.6) is 0 Å². The van der Waals surface area contributed by atoms with Crippen LogP contribution in [0.25, 0.3) is 0 Å². The van der Waals surface area contributed by atoms with Gasteiger partial charge in [-0.05, 0) is 19.3 Å². The minimum Gasteiger partial charge on any atom is -0.323 e. The Morgan fingerprint density at radius 1 is 1.54 bits per heavy atom. The molecule has 1 unspecified atom stereocenters. The summed E-state index contributed by atoms with van der Waals surface area (Å²) in [6, 6.07) is 0.258. The van der Waals surface area contributed by atoms with Crippen molar-refractivity contribution in [1.29, 1.82) is 0 Å². The molecule has 1 aliphatic rings. The van der Waals surface area contributed by atoms with Crippen molar-refractivity contribution in [2.45, 2.75) is 45.1 Å². The topological polar surface area (TPSA) is 38.9 Å². The summed E-state index contributed by atoms with van der Waals surface area (Å²) in [4.78, 5) is 5.98. The first-order valence-corrected chi connectivity index (χ1v) is 5.75. The zero-order valence-electron chi connectivity index (χ0n) is 8.21.